The van der Waals surface area contributed by atoms with Crippen LogP contribution < -0.4 is 5.32 Å². The van der Waals surface area contributed by atoms with Crippen LogP contribution in [0, 0.1) is 12.8 Å². The van der Waals surface area contributed by atoms with Crippen molar-refractivity contribution in [2.45, 2.75) is 32.8 Å². The molecule has 0 bridgehead atoms. The zero-order valence-corrected chi connectivity index (χ0v) is 13.9. The molecule has 5 heteroatoms. The van der Waals surface area contributed by atoms with Gasteiger partial charge in [-0.05, 0) is 32.3 Å². The van der Waals surface area contributed by atoms with Crippen LogP contribution in [0.3, 0.4) is 0 Å². The van der Waals surface area contributed by atoms with Gasteiger partial charge in [0.25, 0.3) is 0 Å². The average Bonchev–Trinajstić information content (AvgIpc) is 2.89. The molecule has 2 heterocycles. The Hall–Kier alpha value is -2.14. The summed E-state index contributed by atoms with van der Waals surface area (Å²) in [5.41, 5.74) is 3.12. The Morgan fingerprint density at radius 1 is 1.39 bits per heavy atom. The second kappa shape index (κ2) is 6.54. The molecule has 3 rings (SSSR count). The second-order valence-electron chi connectivity index (χ2n) is 6.17. The number of aromatic nitrogens is 2. The summed E-state index contributed by atoms with van der Waals surface area (Å²) >= 11 is 0. The summed E-state index contributed by atoms with van der Waals surface area (Å²) in [5, 5.41) is 7.53. The van der Waals surface area contributed by atoms with E-state index in [1.54, 1.807) is 4.68 Å². The van der Waals surface area contributed by atoms with Crippen molar-refractivity contribution < 1.29 is 9.53 Å². The van der Waals surface area contributed by atoms with Gasteiger partial charge in [-0.25, -0.2) is 0 Å². The Bertz CT molecular complexity index is 708. The highest BCUT2D eigenvalue weighted by Crippen LogP contribution is 2.26. The molecule has 1 aliphatic rings. The van der Waals surface area contributed by atoms with Crippen LogP contribution in [-0.4, -0.2) is 28.4 Å². The normalized spacial score (nSPS) is 21.2. The first-order valence-electron chi connectivity index (χ1n) is 8.09. The maximum atomic E-state index is 12.5. The van der Waals surface area contributed by atoms with Crippen LogP contribution >= 0.6 is 0 Å². The lowest BCUT2D eigenvalue weighted by molar-refractivity contribution is -0.127. The minimum absolute atomic E-state index is 0.0107. The number of anilines is 1. The Labute approximate surface area is 136 Å². The predicted octanol–water partition coefficient (Wildman–Crippen LogP) is 3.15. The minimum Gasteiger partial charge on any atom is -0.378 e. The largest absolute Gasteiger partial charge is 0.378 e. The number of hydrogen-bond donors (Lipinski definition) is 1. The lowest BCUT2D eigenvalue weighted by Crippen LogP contribution is -2.36. The summed E-state index contributed by atoms with van der Waals surface area (Å²) in [6, 6.07) is 10.0. The van der Waals surface area contributed by atoms with Gasteiger partial charge in [-0.1, -0.05) is 24.3 Å². The van der Waals surface area contributed by atoms with Crippen LogP contribution in [0.1, 0.15) is 25.3 Å². The number of carbonyl (C=O) groups is 1. The molecule has 1 amide bonds. The number of ether oxygens (including phenoxy) is 1. The third kappa shape index (κ3) is 3.29. The number of benzene rings is 1. The molecule has 2 aromatic rings. The van der Waals surface area contributed by atoms with Crippen LogP contribution in [0.5, 0.6) is 0 Å². The number of aryl methyl sites for hydroxylation is 2. The summed E-state index contributed by atoms with van der Waals surface area (Å²) in [4.78, 5) is 12.5. The molecule has 1 aromatic carbocycles. The first-order chi connectivity index (χ1) is 11.1. The van der Waals surface area contributed by atoms with E-state index in [9.17, 15) is 4.79 Å². The molecule has 1 fully saturated rings. The molecule has 122 valence electrons. The van der Waals surface area contributed by atoms with Gasteiger partial charge < -0.3 is 10.1 Å². The van der Waals surface area contributed by atoms with E-state index in [1.165, 1.54) is 0 Å². The number of hydrogen-bond acceptors (Lipinski definition) is 3. The lowest BCUT2D eigenvalue weighted by Gasteiger charge is -2.27. The Morgan fingerprint density at radius 3 is 2.91 bits per heavy atom. The maximum absolute atomic E-state index is 12.5. The van der Waals surface area contributed by atoms with Crippen molar-refractivity contribution in [3.05, 3.63) is 35.9 Å². The van der Waals surface area contributed by atoms with Gasteiger partial charge in [0, 0.05) is 25.3 Å². The van der Waals surface area contributed by atoms with E-state index in [2.05, 4.69) is 23.4 Å². The molecule has 0 saturated carbocycles. The summed E-state index contributed by atoms with van der Waals surface area (Å²) in [5.74, 6) is 0.628. The Balaban J connectivity index is 1.79. The van der Waals surface area contributed by atoms with E-state index >= 15 is 0 Å². The highest BCUT2D eigenvalue weighted by molar-refractivity contribution is 5.92. The van der Waals surface area contributed by atoms with Gasteiger partial charge in [-0.3, -0.25) is 9.48 Å². The second-order valence-corrected chi connectivity index (χ2v) is 6.17. The summed E-state index contributed by atoms with van der Waals surface area (Å²) < 4.78 is 7.30. The van der Waals surface area contributed by atoms with Crippen LogP contribution in [0.4, 0.5) is 5.82 Å². The van der Waals surface area contributed by atoms with E-state index in [0.717, 1.165) is 36.3 Å². The Kier molecular flexibility index (Phi) is 4.48. The SMILES string of the molecule is Cc1ccccc1-c1cc(NC(=O)C2CCCOC2C)n(C)n1. The fraction of sp³-hybridized carbons (Fsp3) is 0.444. The standard InChI is InChI=1S/C18H23N3O2/c1-12-7-4-5-8-14(12)16-11-17(21(3)20-16)19-18(22)15-9-6-10-23-13(15)2/h4-5,7-8,11,13,15H,6,9-10H2,1-3H3,(H,19,22). The summed E-state index contributed by atoms with van der Waals surface area (Å²) in [7, 11) is 1.85. The van der Waals surface area contributed by atoms with E-state index in [4.69, 9.17) is 4.74 Å². The van der Waals surface area contributed by atoms with Gasteiger partial charge in [-0.2, -0.15) is 5.10 Å². The van der Waals surface area contributed by atoms with Crippen molar-refractivity contribution in [1.29, 1.82) is 0 Å². The van der Waals surface area contributed by atoms with Crippen LogP contribution in [0.15, 0.2) is 30.3 Å². The predicted molar refractivity (Wildman–Crippen MR) is 90.1 cm³/mol. The van der Waals surface area contributed by atoms with Gasteiger partial charge in [0.2, 0.25) is 5.91 Å². The molecule has 2 unspecified atom stereocenters. The zero-order chi connectivity index (χ0) is 16.4. The summed E-state index contributed by atoms with van der Waals surface area (Å²) in [6.45, 7) is 4.77. The number of nitrogens with zero attached hydrogens (tertiary/aromatic N) is 2. The quantitative estimate of drug-likeness (QED) is 0.947. The molecule has 0 radical (unpaired) electrons. The van der Waals surface area contributed by atoms with Gasteiger partial charge in [0.1, 0.15) is 5.82 Å². The molecular formula is C18H23N3O2. The zero-order valence-electron chi connectivity index (χ0n) is 13.9. The van der Waals surface area contributed by atoms with Crippen molar-refractivity contribution in [3.8, 4) is 11.3 Å². The minimum atomic E-state index is -0.0967. The fourth-order valence-electron chi connectivity index (χ4n) is 3.06. The van der Waals surface area contributed by atoms with Crippen molar-refractivity contribution in [2.75, 3.05) is 11.9 Å². The molecule has 1 N–H and O–H groups in total. The third-order valence-electron chi connectivity index (χ3n) is 4.50. The van der Waals surface area contributed by atoms with Crippen molar-refractivity contribution >= 4 is 11.7 Å². The highest BCUT2D eigenvalue weighted by Gasteiger charge is 2.29. The van der Waals surface area contributed by atoms with Gasteiger partial charge >= 0.3 is 0 Å². The van der Waals surface area contributed by atoms with E-state index in [-0.39, 0.29) is 17.9 Å². The monoisotopic (exact) mass is 313 g/mol. The van der Waals surface area contributed by atoms with Crippen molar-refractivity contribution in [1.82, 2.24) is 9.78 Å². The number of amides is 1. The van der Waals surface area contributed by atoms with Gasteiger partial charge in [0.15, 0.2) is 0 Å². The molecule has 1 saturated heterocycles. The first kappa shape index (κ1) is 15.7. The van der Waals surface area contributed by atoms with Crippen LogP contribution in [0.2, 0.25) is 0 Å². The molecular weight excluding hydrogens is 290 g/mol. The van der Waals surface area contributed by atoms with E-state index in [1.807, 2.05) is 38.2 Å². The molecule has 23 heavy (non-hydrogen) atoms. The number of carbonyl (C=O) groups excluding carboxylic acids is 1. The molecule has 0 spiro atoms. The average molecular weight is 313 g/mol. The number of nitrogens with one attached hydrogen (secondary N) is 1. The molecule has 1 aromatic heterocycles. The molecule has 2 atom stereocenters. The van der Waals surface area contributed by atoms with Crippen LogP contribution in [0.25, 0.3) is 11.3 Å². The Morgan fingerprint density at radius 2 is 2.17 bits per heavy atom. The smallest absolute Gasteiger partial charge is 0.231 e. The number of rotatable bonds is 3. The summed E-state index contributed by atoms with van der Waals surface area (Å²) in [6.07, 6.45) is 1.77. The molecule has 5 nitrogen and oxygen atoms in total. The third-order valence-corrected chi connectivity index (χ3v) is 4.50. The van der Waals surface area contributed by atoms with E-state index < -0.39 is 0 Å². The van der Waals surface area contributed by atoms with Crippen molar-refractivity contribution in [2.24, 2.45) is 13.0 Å². The van der Waals surface area contributed by atoms with Gasteiger partial charge in [0.05, 0.1) is 17.7 Å². The van der Waals surface area contributed by atoms with Crippen molar-refractivity contribution in [3.63, 3.8) is 0 Å². The van der Waals surface area contributed by atoms with Gasteiger partial charge in [-0.15, -0.1) is 0 Å². The molecule has 1 aliphatic heterocycles. The van der Waals surface area contributed by atoms with Crippen LogP contribution in [-0.2, 0) is 16.6 Å². The maximum Gasteiger partial charge on any atom is 0.231 e. The van der Waals surface area contributed by atoms with E-state index in [0.29, 0.717) is 5.82 Å². The topological polar surface area (TPSA) is 56.1 Å². The fourth-order valence-corrected chi connectivity index (χ4v) is 3.06. The molecule has 0 aliphatic carbocycles. The first-order valence-corrected chi connectivity index (χ1v) is 8.09. The lowest BCUT2D eigenvalue weighted by atomic mass is 9.94. The highest BCUT2D eigenvalue weighted by atomic mass is 16.5.